The number of benzene rings is 2. The normalized spacial score (nSPS) is 11.6. The largest absolute Gasteiger partial charge is 0.426 e. The maximum Gasteiger partial charge on any atom is 0.313 e. The molecule has 0 radical (unpaired) electrons. The van der Waals surface area contributed by atoms with Crippen LogP contribution >= 0.6 is 23.2 Å². The van der Waals surface area contributed by atoms with Crippen molar-refractivity contribution < 1.29 is 14.3 Å². The summed E-state index contributed by atoms with van der Waals surface area (Å²) >= 11 is 11.7. The van der Waals surface area contributed by atoms with E-state index in [9.17, 15) is 9.59 Å². The van der Waals surface area contributed by atoms with E-state index in [4.69, 9.17) is 27.9 Å². The summed E-state index contributed by atoms with van der Waals surface area (Å²) in [6, 6.07) is 13.4. The van der Waals surface area contributed by atoms with Crippen LogP contribution in [0.1, 0.15) is 24.9 Å². The van der Waals surface area contributed by atoms with Gasteiger partial charge in [-0.2, -0.15) is 0 Å². The molecule has 2 rings (SSSR count). The Hall–Kier alpha value is -2.04. The molecule has 120 valence electrons. The molecule has 2 aromatic rings. The third-order valence-corrected chi connectivity index (χ3v) is 3.81. The minimum Gasteiger partial charge on any atom is -0.426 e. The lowest BCUT2D eigenvalue weighted by Gasteiger charge is -2.17. The van der Waals surface area contributed by atoms with E-state index < -0.39 is 12.0 Å². The topological polar surface area (TPSA) is 55.4 Å². The summed E-state index contributed by atoms with van der Waals surface area (Å²) in [6.07, 6.45) is 0.00381. The molecule has 0 aromatic heterocycles. The predicted molar refractivity (Wildman–Crippen MR) is 89.7 cm³/mol. The van der Waals surface area contributed by atoms with Crippen molar-refractivity contribution in [3.8, 4) is 5.75 Å². The molecule has 0 aliphatic rings. The van der Waals surface area contributed by atoms with Gasteiger partial charge in [0.1, 0.15) is 5.75 Å². The van der Waals surface area contributed by atoms with E-state index in [-0.39, 0.29) is 12.3 Å². The molecule has 0 saturated carbocycles. The van der Waals surface area contributed by atoms with Crippen LogP contribution in [0.2, 0.25) is 10.0 Å². The van der Waals surface area contributed by atoms with Gasteiger partial charge in [0, 0.05) is 13.0 Å². The van der Waals surface area contributed by atoms with E-state index >= 15 is 0 Å². The van der Waals surface area contributed by atoms with Crippen LogP contribution in [-0.4, -0.2) is 11.9 Å². The van der Waals surface area contributed by atoms with Crippen molar-refractivity contribution in [3.05, 3.63) is 64.1 Å². The molecule has 0 heterocycles. The predicted octanol–water partition coefficient (Wildman–Crippen LogP) is 4.17. The van der Waals surface area contributed by atoms with Crippen molar-refractivity contribution in [2.45, 2.75) is 19.4 Å². The number of hydrogen-bond acceptors (Lipinski definition) is 3. The number of amides is 1. The summed E-state index contributed by atoms with van der Waals surface area (Å²) in [7, 11) is 0. The maximum atomic E-state index is 12.1. The molecule has 1 atom stereocenters. The Morgan fingerprint density at radius 1 is 1.09 bits per heavy atom. The number of rotatable bonds is 5. The number of carbonyl (C=O) groups excluding carboxylic acids is 2. The molecular formula is C17H15Cl2NO3. The zero-order valence-electron chi connectivity index (χ0n) is 12.4. The molecule has 0 saturated heterocycles. The molecule has 0 aliphatic heterocycles. The first-order valence-corrected chi connectivity index (χ1v) is 7.69. The Bertz CT molecular complexity index is 704. The van der Waals surface area contributed by atoms with Gasteiger partial charge in [0.25, 0.3) is 0 Å². The van der Waals surface area contributed by atoms with Crippen LogP contribution < -0.4 is 10.1 Å². The first kappa shape index (κ1) is 17.3. The SMILES string of the molecule is CC(=O)N[C@H](CC(=O)Oc1ccc(Cl)c(Cl)c1)c1ccccc1. The molecule has 6 heteroatoms. The highest BCUT2D eigenvalue weighted by Crippen LogP contribution is 2.27. The highest BCUT2D eigenvalue weighted by atomic mass is 35.5. The van der Waals surface area contributed by atoms with E-state index in [2.05, 4.69) is 5.32 Å². The van der Waals surface area contributed by atoms with Crippen LogP contribution in [0.15, 0.2) is 48.5 Å². The molecule has 1 amide bonds. The van der Waals surface area contributed by atoms with Gasteiger partial charge in [-0.25, -0.2) is 0 Å². The van der Waals surface area contributed by atoms with Crippen LogP contribution in [0.4, 0.5) is 0 Å². The van der Waals surface area contributed by atoms with E-state index in [0.717, 1.165) is 5.56 Å². The van der Waals surface area contributed by atoms with Crippen molar-refractivity contribution >= 4 is 35.1 Å². The van der Waals surface area contributed by atoms with Gasteiger partial charge < -0.3 is 10.1 Å². The van der Waals surface area contributed by atoms with Crippen molar-refractivity contribution in [2.24, 2.45) is 0 Å². The lowest BCUT2D eigenvalue weighted by Crippen LogP contribution is -2.29. The number of esters is 1. The maximum absolute atomic E-state index is 12.1. The summed E-state index contributed by atoms with van der Waals surface area (Å²) in [6.45, 7) is 1.40. The highest BCUT2D eigenvalue weighted by Gasteiger charge is 2.18. The Labute approximate surface area is 144 Å². The van der Waals surface area contributed by atoms with Crippen LogP contribution in [0.25, 0.3) is 0 Å². The Kier molecular flexibility index (Phi) is 6.02. The van der Waals surface area contributed by atoms with Gasteiger partial charge in [-0.3, -0.25) is 9.59 Å². The monoisotopic (exact) mass is 351 g/mol. The minimum atomic E-state index is -0.481. The van der Waals surface area contributed by atoms with E-state index in [1.165, 1.54) is 13.0 Å². The third-order valence-electron chi connectivity index (χ3n) is 3.07. The summed E-state index contributed by atoms with van der Waals surface area (Å²) < 4.78 is 5.25. The van der Waals surface area contributed by atoms with Gasteiger partial charge in [0.05, 0.1) is 22.5 Å². The molecule has 1 N–H and O–H groups in total. The number of halogens is 2. The molecule has 4 nitrogen and oxygen atoms in total. The van der Waals surface area contributed by atoms with Crippen LogP contribution in [0.5, 0.6) is 5.75 Å². The lowest BCUT2D eigenvalue weighted by molar-refractivity contribution is -0.135. The molecule has 0 spiro atoms. The second-order valence-electron chi connectivity index (χ2n) is 4.92. The Balaban J connectivity index is 2.08. The van der Waals surface area contributed by atoms with Crippen molar-refractivity contribution in [1.29, 1.82) is 0 Å². The van der Waals surface area contributed by atoms with Gasteiger partial charge in [-0.1, -0.05) is 53.5 Å². The highest BCUT2D eigenvalue weighted by molar-refractivity contribution is 6.42. The average Bonchev–Trinajstić information content (AvgIpc) is 2.51. The van der Waals surface area contributed by atoms with Gasteiger partial charge in [0.15, 0.2) is 0 Å². The number of ether oxygens (including phenoxy) is 1. The van der Waals surface area contributed by atoms with Crippen LogP contribution in [-0.2, 0) is 9.59 Å². The molecule has 0 bridgehead atoms. The van der Waals surface area contributed by atoms with Crippen molar-refractivity contribution in [1.82, 2.24) is 5.32 Å². The number of hydrogen-bond donors (Lipinski definition) is 1. The Morgan fingerprint density at radius 3 is 2.39 bits per heavy atom. The molecule has 23 heavy (non-hydrogen) atoms. The molecule has 0 fully saturated rings. The molecular weight excluding hydrogens is 337 g/mol. The van der Waals surface area contributed by atoms with E-state index in [1.54, 1.807) is 12.1 Å². The quantitative estimate of drug-likeness (QED) is 0.649. The molecule has 0 unspecified atom stereocenters. The van der Waals surface area contributed by atoms with Crippen molar-refractivity contribution in [3.63, 3.8) is 0 Å². The second-order valence-corrected chi connectivity index (χ2v) is 5.73. The molecule has 2 aromatic carbocycles. The molecule has 0 aliphatic carbocycles. The summed E-state index contributed by atoms with van der Waals surface area (Å²) in [5.41, 5.74) is 0.828. The summed E-state index contributed by atoms with van der Waals surface area (Å²) in [5.74, 6) is -0.397. The zero-order chi connectivity index (χ0) is 16.8. The smallest absolute Gasteiger partial charge is 0.313 e. The fourth-order valence-electron chi connectivity index (χ4n) is 2.06. The summed E-state index contributed by atoms with van der Waals surface area (Å²) in [4.78, 5) is 23.5. The number of carbonyl (C=O) groups is 2. The van der Waals surface area contributed by atoms with E-state index in [1.807, 2.05) is 30.3 Å². The number of nitrogens with one attached hydrogen (secondary N) is 1. The van der Waals surface area contributed by atoms with Crippen LogP contribution in [0, 0.1) is 0 Å². The first-order valence-electron chi connectivity index (χ1n) is 6.93. The van der Waals surface area contributed by atoms with Gasteiger partial charge in [0.2, 0.25) is 5.91 Å². The minimum absolute atomic E-state index is 0.00381. The zero-order valence-corrected chi connectivity index (χ0v) is 13.9. The second kappa shape index (κ2) is 7.99. The third kappa shape index (κ3) is 5.27. The lowest BCUT2D eigenvalue weighted by atomic mass is 10.0. The standard InChI is InChI=1S/C17H15Cl2NO3/c1-11(21)20-16(12-5-3-2-4-6-12)10-17(22)23-13-7-8-14(18)15(19)9-13/h2-9,16H,10H2,1H3,(H,20,21)/t16-/m1/s1. The van der Waals surface area contributed by atoms with Crippen molar-refractivity contribution in [2.75, 3.05) is 0 Å². The van der Waals surface area contributed by atoms with Gasteiger partial charge in [-0.15, -0.1) is 0 Å². The van der Waals surface area contributed by atoms with Crippen LogP contribution in [0.3, 0.4) is 0 Å². The van der Waals surface area contributed by atoms with Gasteiger partial charge >= 0.3 is 5.97 Å². The van der Waals surface area contributed by atoms with E-state index in [0.29, 0.717) is 15.8 Å². The summed E-state index contributed by atoms with van der Waals surface area (Å²) in [5, 5.41) is 3.43. The first-order chi connectivity index (χ1) is 11.0. The fourth-order valence-corrected chi connectivity index (χ4v) is 2.35. The fraction of sp³-hybridized carbons (Fsp3) is 0.176. The average molecular weight is 352 g/mol. The van der Waals surface area contributed by atoms with Gasteiger partial charge in [-0.05, 0) is 17.7 Å². The Morgan fingerprint density at radius 2 is 1.78 bits per heavy atom.